The molecule has 4 heteroatoms. The van der Waals surface area contributed by atoms with Gasteiger partial charge >= 0.3 is 0 Å². The van der Waals surface area contributed by atoms with Crippen LogP contribution in [0, 0.1) is 6.92 Å². The lowest BCUT2D eigenvalue weighted by Gasteiger charge is -2.23. The van der Waals surface area contributed by atoms with Crippen molar-refractivity contribution in [3.8, 4) is 33.8 Å². The molecule has 0 radical (unpaired) electrons. The van der Waals surface area contributed by atoms with Crippen molar-refractivity contribution in [3.05, 3.63) is 168 Å². The van der Waals surface area contributed by atoms with Crippen LogP contribution < -0.4 is 9.47 Å². The lowest BCUT2D eigenvalue weighted by atomic mass is 9.82. The van der Waals surface area contributed by atoms with Gasteiger partial charge in [0.05, 0.1) is 36.7 Å². The van der Waals surface area contributed by atoms with Gasteiger partial charge in [0.15, 0.2) is 0 Å². The molecule has 0 fully saturated rings. The number of hydrogen-bond donors (Lipinski definition) is 0. The van der Waals surface area contributed by atoms with Crippen LogP contribution in [0.15, 0.2) is 157 Å². The van der Waals surface area contributed by atoms with E-state index in [9.17, 15) is 0 Å². The van der Waals surface area contributed by atoms with Crippen molar-refractivity contribution in [2.75, 3.05) is 14.2 Å². The maximum atomic E-state index is 5.77. The molecule has 1 heterocycles. The summed E-state index contributed by atoms with van der Waals surface area (Å²) in [6.45, 7) is 2.11. The Hall–Kier alpha value is -6.26. The van der Waals surface area contributed by atoms with Crippen molar-refractivity contribution in [2.24, 2.45) is 4.99 Å². The normalized spacial score (nSPS) is 11.7. The van der Waals surface area contributed by atoms with Gasteiger partial charge in [0.25, 0.3) is 0 Å². The van der Waals surface area contributed by atoms with Crippen molar-refractivity contribution in [3.63, 3.8) is 0 Å². The number of pyridine rings is 1. The lowest BCUT2D eigenvalue weighted by Crippen LogP contribution is -2.08. The summed E-state index contributed by atoms with van der Waals surface area (Å²) in [7, 11) is 3.39. The molecule has 0 saturated heterocycles. The summed E-state index contributed by atoms with van der Waals surface area (Å²) < 4.78 is 11.2. The van der Waals surface area contributed by atoms with Gasteiger partial charge in [-0.3, -0.25) is 0 Å². The van der Waals surface area contributed by atoms with E-state index in [0.29, 0.717) is 0 Å². The number of methoxy groups -OCH3 is 2. The van der Waals surface area contributed by atoms with E-state index < -0.39 is 0 Å². The second kappa shape index (κ2) is 12.7. The molecule has 0 N–H and O–H groups in total. The summed E-state index contributed by atoms with van der Waals surface area (Å²) in [5, 5.41) is 4.25. The molecule has 1 aromatic heterocycles. The Morgan fingerprint density at radius 3 is 1.80 bits per heavy atom. The van der Waals surface area contributed by atoms with Gasteiger partial charge < -0.3 is 9.47 Å². The molecule has 0 atom stereocenters. The van der Waals surface area contributed by atoms with Gasteiger partial charge in [-0.2, -0.15) is 0 Å². The molecule has 0 amide bonds. The Kier molecular flexibility index (Phi) is 7.83. The SMILES string of the molecule is COc1ccc(N=C(c2ccc(C)cc2)c2c(-c3ccccc3)c3c(-c4ccccc4)c4cc(OC)ccc4nc3c3ccccc23)cc1. The minimum Gasteiger partial charge on any atom is -0.497 e. The van der Waals surface area contributed by atoms with Crippen molar-refractivity contribution in [2.45, 2.75) is 6.92 Å². The first-order valence-electron chi connectivity index (χ1n) is 16.4. The zero-order chi connectivity index (χ0) is 33.3. The highest BCUT2D eigenvalue weighted by atomic mass is 16.5. The highest BCUT2D eigenvalue weighted by molar-refractivity contribution is 6.32. The molecule has 4 nitrogen and oxygen atoms in total. The predicted octanol–water partition coefficient (Wildman–Crippen LogP) is 11.4. The number of aromatic nitrogens is 1. The number of rotatable bonds is 7. The molecule has 0 unspecified atom stereocenters. The maximum Gasteiger partial charge on any atom is 0.119 e. The smallest absolute Gasteiger partial charge is 0.119 e. The molecule has 0 aliphatic rings. The Bertz CT molecular complexity index is 2490. The van der Waals surface area contributed by atoms with Crippen LogP contribution in [0.5, 0.6) is 11.5 Å². The van der Waals surface area contributed by atoms with Crippen molar-refractivity contribution in [1.82, 2.24) is 4.98 Å². The number of nitrogens with zero attached hydrogens (tertiary/aromatic N) is 2. The van der Waals surface area contributed by atoms with Gasteiger partial charge in [0.1, 0.15) is 11.5 Å². The van der Waals surface area contributed by atoms with Crippen molar-refractivity contribution < 1.29 is 9.47 Å². The fourth-order valence-corrected chi connectivity index (χ4v) is 6.78. The summed E-state index contributed by atoms with van der Waals surface area (Å²) in [5.74, 6) is 1.58. The summed E-state index contributed by atoms with van der Waals surface area (Å²) in [4.78, 5) is 10.9. The van der Waals surface area contributed by atoms with E-state index in [-0.39, 0.29) is 0 Å². The molecule has 7 aromatic carbocycles. The van der Waals surface area contributed by atoms with Crippen LogP contribution in [0.1, 0.15) is 16.7 Å². The third kappa shape index (κ3) is 5.47. The minimum atomic E-state index is 0.787. The van der Waals surface area contributed by atoms with Crippen LogP contribution in [0.25, 0.3) is 54.8 Å². The zero-order valence-corrected chi connectivity index (χ0v) is 27.6. The Morgan fingerprint density at radius 1 is 0.551 bits per heavy atom. The lowest BCUT2D eigenvalue weighted by molar-refractivity contribution is 0.415. The van der Waals surface area contributed by atoms with E-state index >= 15 is 0 Å². The fourth-order valence-electron chi connectivity index (χ4n) is 6.78. The molecule has 0 aliphatic heterocycles. The van der Waals surface area contributed by atoms with Crippen LogP contribution in [-0.2, 0) is 0 Å². The average molecular weight is 635 g/mol. The first-order chi connectivity index (χ1) is 24.1. The first kappa shape index (κ1) is 30.1. The molecule has 8 aromatic rings. The fraction of sp³-hybridized carbons (Fsp3) is 0.0667. The molecule has 0 bridgehead atoms. The van der Waals surface area contributed by atoms with Crippen LogP contribution in [0.3, 0.4) is 0 Å². The number of ether oxygens (including phenoxy) is 2. The summed E-state index contributed by atoms with van der Waals surface area (Å²) >= 11 is 0. The van der Waals surface area contributed by atoms with Gasteiger partial charge in [0, 0.05) is 38.4 Å². The highest BCUT2D eigenvalue weighted by Gasteiger charge is 2.25. The molecular weight excluding hydrogens is 601 g/mol. The second-order valence-electron chi connectivity index (χ2n) is 12.1. The molecule has 0 aliphatic carbocycles. The van der Waals surface area contributed by atoms with E-state index in [2.05, 4.69) is 128 Å². The van der Waals surface area contributed by atoms with Crippen molar-refractivity contribution in [1.29, 1.82) is 0 Å². The molecule has 0 spiro atoms. The van der Waals surface area contributed by atoms with Gasteiger partial charge in [-0.05, 0) is 65.9 Å². The van der Waals surface area contributed by atoms with E-state index in [1.807, 2.05) is 30.3 Å². The molecule has 8 rings (SSSR count). The molecule has 236 valence electrons. The predicted molar refractivity (Wildman–Crippen MR) is 204 cm³/mol. The van der Waals surface area contributed by atoms with E-state index in [1.165, 1.54) is 5.56 Å². The summed E-state index contributed by atoms with van der Waals surface area (Å²) in [6, 6.07) is 52.6. The third-order valence-corrected chi connectivity index (χ3v) is 9.14. The monoisotopic (exact) mass is 634 g/mol. The Labute approximate surface area is 286 Å². The van der Waals surface area contributed by atoms with Crippen molar-refractivity contribution >= 4 is 44.0 Å². The van der Waals surface area contributed by atoms with Crippen LogP contribution >= 0.6 is 0 Å². The number of hydrogen-bond acceptors (Lipinski definition) is 4. The van der Waals surface area contributed by atoms with E-state index in [1.54, 1.807) is 14.2 Å². The van der Waals surface area contributed by atoms with Gasteiger partial charge in [-0.1, -0.05) is 115 Å². The van der Waals surface area contributed by atoms with E-state index in [4.69, 9.17) is 19.5 Å². The largest absolute Gasteiger partial charge is 0.497 e. The second-order valence-corrected chi connectivity index (χ2v) is 12.1. The van der Waals surface area contributed by atoms with Crippen LogP contribution in [0.4, 0.5) is 5.69 Å². The standard InChI is InChI=1S/C45H34N2O2/c1-29-18-20-32(21-19-29)44(46-33-22-24-34(48-2)25-23-33)42-36-16-10-11-17-37(36)45-43(41(42)31-14-8-5-9-15-31)40(30-12-6-4-7-13-30)38-28-35(49-3)26-27-39(38)47-45/h4-28H,1-3H3. The minimum absolute atomic E-state index is 0.787. The van der Waals surface area contributed by atoms with Crippen LogP contribution in [-0.4, -0.2) is 24.9 Å². The molecule has 0 saturated carbocycles. The number of benzene rings is 7. The Morgan fingerprint density at radius 2 is 1.14 bits per heavy atom. The molecule has 49 heavy (non-hydrogen) atoms. The Balaban J connectivity index is 1.63. The van der Waals surface area contributed by atoms with Gasteiger partial charge in [-0.25, -0.2) is 9.98 Å². The topological polar surface area (TPSA) is 43.7 Å². The average Bonchev–Trinajstić information content (AvgIpc) is 3.17. The quantitative estimate of drug-likeness (QED) is 0.0995. The zero-order valence-electron chi connectivity index (χ0n) is 27.6. The number of aliphatic imine (C=N–C) groups is 1. The van der Waals surface area contributed by atoms with Crippen LogP contribution in [0.2, 0.25) is 0 Å². The van der Waals surface area contributed by atoms with Gasteiger partial charge in [0.2, 0.25) is 0 Å². The molecular formula is C45H34N2O2. The first-order valence-corrected chi connectivity index (χ1v) is 16.4. The highest BCUT2D eigenvalue weighted by Crippen LogP contribution is 2.47. The summed E-state index contributed by atoms with van der Waals surface area (Å²) in [6.07, 6.45) is 0. The third-order valence-electron chi connectivity index (χ3n) is 9.14. The van der Waals surface area contributed by atoms with E-state index in [0.717, 1.165) is 88.9 Å². The summed E-state index contributed by atoms with van der Waals surface area (Å²) in [5.41, 5.74) is 11.2. The number of fused-ring (bicyclic) bond motifs is 4. The van der Waals surface area contributed by atoms with Gasteiger partial charge in [-0.15, -0.1) is 0 Å². The maximum absolute atomic E-state index is 5.77. The number of aryl methyl sites for hydroxylation is 1.